The highest BCUT2D eigenvalue weighted by Gasteiger charge is 2.39. The minimum atomic E-state index is -0.892. The number of amides is 1. The van der Waals surface area contributed by atoms with Gasteiger partial charge in [-0.05, 0) is 42.0 Å². The Morgan fingerprint density at radius 3 is 2.24 bits per heavy atom. The van der Waals surface area contributed by atoms with Gasteiger partial charge in [-0.15, -0.1) is 0 Å². The van der Waals surface area contributed by atoms with Crippen molar-refractivity contribution in [3.05, 3.63) is 80.4 Å². The van der Waals surface area contributed by atoms with Gasteiger partial charge < -0.3 is 10.4 Å². The van der Waals surface area contributed by atoms with Crippen molar-refractivity contribution in [2.24, 2.45) is 0 Å². The summed E-state index contributed by atoms with van der Waals surface area (Å²) >= 11 is 5.81. The van der Waals surface area contributed by atoms with Crippen molar-refractivity contribution in [2.45, 2.75) is 6.04 Å². The van der Waals surface area contributed by atoms with E-state index in [4.69, 9.17) is 11.6 Å². The molecule has 7 nitrogen and oxygen atoms in total. The van der Waals surface area contributed by atoms with Crippen molar-refractivity contribution >= 4 is 34.7 Å². The maximum atomic E-state index is 12.2. The Labute approximate surface area is 146 Å². The average Bonchev–Trinajstić information content (AvgIpc) is 2.90. The van der Waals surface area contributed by atoms with Gasteiger partial charge >= 0.3 is 0 Å². The Hall–Kier alpha value is -3.19. The molecule has 2 aromatic rings. The average molecular weight is 359 g/mol. The van der Waals surface area contributed by atoms with Gasteiger partial charge in [-0.2, -0.15) is 0 Å². The lowest BCUT2D eigenvalue weighted by Gasteiger charge is -2.13. The molecule has 25 heavy (non-hydrogen) atoms. The molecule has 1 heterocycles. The van der Waals surface area contributed by atoms with Crippen molar-refractivity contribution in [1.29, 1.82) is 0 Å². The van der Waals surface area contributed by atoms with E-state index in [0.29, 0.717) is 16.1 Å². The molecule has 126 valence electrons. The quantitative estimate of drug-likeness (QED) is 0.288. The first-order valence-corrected chi connectivity index (χ1v) is 7.55. The van der Waals surface area contributed by atoms with E-state index in [0.717, 1.165) is 0 Å². The zero-order valence-electron chi connectivity index (χ0n) is 12.6. The predicted molar refractivity (Wildman–Crippen MR) is 90.0 cm³/mol. The third kappa shape index (κ3) is 3.09. The number of hydrogen-bond donors (Lipinski definition) is 2. The second-order valence-corrected chi connectivity index (χ2v) is 5.79. The maximum Gasteiger partial charge on any atom is 0.293 e. The second kappa shape index (κ2) is 6.37. The molecule has 8 heteroatoms. The maximum absolute atomic E-state index is 12.2. The molecule has 0 radical (unpaired) electrons. The summed E-state index contributed by atoms with van der Waals surface area (Å²) in [6.07, 6.45) is 0. The number of halogens is 1. The normalized spacial score (nSPS) is 18.8. The van der Waals surface area contributed by atoms with Crippen LogP contribution in [-0.4, -0.2) is 21.7 Å². The number of nitro groups is 1. The monoisotopic (exact) mass is 358 g/mol. The molecule has 0 spiro atoms. The van der Waals surface area contributed by atoms with Gasteiger partial charge in [0.15, 0.2) is 0 Å². The van der Waals surface area contributed by atoms with Crippen LogP contribution < -0.4 is 5.32 Å². The number of nitro benzene ring substituents is 1. The summed E-state index contributed by atoms with van der Waals surface area (Å²) in [6, 6.07) is 10.6. The number of carbonyl (C=O) groups excluding carboxylic acids is 2. The molecule has 0 unspecified atom stereocenters. The number of carbonyl (C=O) groups is 2. The molecule has 1 fully saturated rings. The molecule has 2 aromatic carbocycles. The van der Waals surface area contributed by atoms with Gasteiger partial charge in [0, 0.05) is 22.7 Å². The van der Waals surface area contributed by atoms with E-state index < -0.39 is 22.7 Å². The first-order valence-electron chi connectivity index (χ1n) is 7.17. The van der Waals surface area contributed by atoms with E-state index in [1.165, 1.54) is 36.4 Å². The van der Waals surface area contributed by atoms with Gasteiger partial charge in [0.25, 0.3) is 17.4 Å². The van der Waals surface area contributed by atoms with Crippen molar-refractivity contribution in [1.82, 2.24) is 5.32 Å². The number of aliphatic hydroxyl groups is 1. The molecule has 0 aliphatic carbocycles. The molecular formula is C17H11ClN2O5. The van der Waals surface area contributed by atoms with Gasteiger partial charge in [-0.1, -0.05) is 11.6 Å². The van der Waals surface area contributed by atoms with Crippen LogP contribution in [0.2, 0.25) is 5.02 Å². The minimum Gasteiger partial charge on any atom is -0.507 e. The van der Waals surface area contributed by atoms with Crippen LogP contribution in [0.25, 0.3) is 5.76 Å². The first-order chi connectivity index (χ1) is 11.9. The standard InChI is InChI=1S/C17H11ClN2O5/c18-11-5-1-10(2-6-11)15(21)13-14(19-17(23)16(13)22)9-3-7-12(8-4-9)20(24)25/h1-8,14,21H,(H,19,23)/b15-13+/t14-/m1/s1. The number of rotatable bonds is 3. The summed E-state index contributed by atoms with van der Waals surface area (Å²) in [6.45, 7) is 0. The Morgan fingerprint density at radius 2 is 1.68 bits per heavy atom. The van der Waals surface area contributed by atoms with Crippen molar-refractivity contribution < 1.29 is 19.6 Å². The third-order valence-corrected chi connectivity index (χ3v) is 4.08. The number of ketones is 1. The number of Topliss-reactive ketones (excluding diaryl/α,β-unsaturated/α-hetero) is 1. The molecule has 0 bridgehead atoms. The molecule has 0 aromatic heterocycles. The molecule has 0 saturated carbocycles. The SMILES string of the molecule is O=C1N[C@H](c2ccc([N+](=O)[O-])cc2)/C(=C(\O)c2ccc(Cl)cc2)C1=O. The van der Waals surface area contributed by atoms with Crippen LogP contribution in [0, 0.1) is 10.1 Å². The molecule has 1 atom stereocenters. The van der Waals surface area contributed by atoms with Crippen molar-refractivity contribution in [3.63, 3.8) is 0 Å². The largest absolute Gasteiger partial charge is 0.507 e. The summed E-state index contributed by atoms with van der Waals surface area (Å²) in [5.74, 6) is -2.04. The van der Waals surface area contributed by atoms with Gasteiger partial charge in [-0.3, -0.25) is 19.7 Å². The van der Waals surface area contributed by atoms with Crippen LogP contribution in [-0.2, 0) is 9.59 Å². The molecule has 3 rings (SSSR count). The number of aliphatic hydroxyl groups excluding tert-OH is 1. The first kappa shape index (κ1) is 16.7. The lowest BCUT2D eigenvalue weighted by molar-refractivity contribution is -0.384. The summed E-state index contributed by atoms with van der Waals surface area (Å²) in [7, 11) is 0. The fraction of sp³-hybridized carbons (Fsp3) is 0.0588. The highest BCUT2D eigenvalue weighted by molar-refractivity contribution is 6.46. The lowest BCUT2D eigenvalue weighted by atomic mass is 9.96. The predicted octanol–water partition coefficient (Wildman–Crippen LogP) is 2.96. The van der Waals surface area contributed by atoms with E-state index in [-0.39, 0.29) is 17.0 Å². The molecule has 1 aliphatic rings. The zero-order valence-corrected chi connectivity index (χ0v) is 13.4. The summed E-state index contributed by atoms with van der Waals surface area (Å²) in [5, 5.41) is 24.2. The summed E-state index contributed by atoms with van der Waals surface area (Å²) < 4.78 is 0. The molecule has 1 amide bonds. The van der Waals surface area contributed by atoms with Crippen LogP contribution in [0.1, 0.15) is 17.2 Å². The third-order valence-electron chi connectivity index (χ3n) is 3.82. The summed E-state index contributed by atoms with van der Waals surface area (Å²) in [4.78, 5) is 34.2. The van der Waals surface area contributed by atoms with Gasteiger partial charge in [0.2, 0.25) is 0 Å². The fourth-order valence-corrected chi connectivity index (χ4v) is 2.69. The highest BCUT2D eigenvalue weighted by atomic mass is 35.5. The summed E-state index contributed by atoms with van der Waals surface area (Å²) in [5.41, 5.74) is 0.546. The zero-order chi connectivity index (χ0) is 18.1. The van der Waals surface area contributed by atoms with Crippen molar-refractivity contribution in [3.8, 4) is 0 Å². The second-order valence-electron chi connectivity index (χ2n) is 5.35. The van der Waals surface area contributed by atoms with E-state index in [1.807, 2.05) is 0 Å². The van der Waals surface area contributed by atoms with E-state index in [2.05, 4.69) is 5.32 Å². The smallest absolute Gasteiger partial charge is 0.293 e. The number of benzene rings is 2. The van der Waals surface area contributed by atoms with E-state index >= 15 is 0 Å². The number of nitrogens with zero attached hydrogens (tertiary/aromatic N) is 1. The highest BCUT2D eigenvalue weighted by Crippen LogP contribution is 2.33. The lowest BCUT2D eigenvalue weighted by Crippen LogP contribution is -2.21. The Kier molecular flexibility index (Phi) is 4.24. The number of hydrogen-bond acceptors (Lipinski definition) is 5. The Morgan fingerprint density at radius 1 is 1.08 bits per heavy atom. The molecule has 2 N–H and O–H groups in total. The minimum absolute atomic E-state index is 0.110. The number of non-ortho nitro benzene ring substituents is 1. The van der Waals surface area contributed by atoms with Crippen LogP contribution >= 0.6 is 11.6 Å². The topological polar surface area (TPSA) is 110 Å². The van der Waals surface area contributed by atoms with E-state index in [1.54, 1.807) is 12.1 Å². The van der Waals surface area contributed by atoms with Crippen LogP contribution in [0.4, 0.5) is 5.69 Å². The van der Waals surface area contributed by atoms with Crippen LogP contribution in [0.5, 0.6) is 0 Å². The van der Waals surface area contributed by atoms with Gasteiger partial charge in [-0.25, -0.2) is 0 Å². The number of nitrogens with one attached hydrogen (secondary N) is 1. The molecule has 1 aliphatic heterocycles. The fourth-order valence-electron chi connectivity index (χ4n) is 2.57. The molecular weight excluding hydrogens is 348 g/mol. The molecule has 1 saturated heterocycles. The van der Waals surface area contributed by atoms with Crippen LogP contribution in [0.15, 0.2) is 54.1 Å². The van der Waals surface area contributed by atoms with Crippen molar-refractivity contribution in [2.75, 3.05) is 0 Å². The Bertz CT molecular complexity index is 904. The van der Waals surface area contributed by atoms with Gasteiger partial charge in [0.1, 0.15) is 5.76 Å². The van der Waals surface area contributed by atoms with E-state index in [9.17, 15) is 24.8 Å². The van der Waals surface area contributed by atoms with Crippen LogP contribution in [0.3, 0.4) is 0 Å². The van der Waals surface area contributed by atoms with Gasteiger partial charge in [0.05, 0.1) is 16.5 Å². The Balaban J connectivity index is 2.07.